The second-order valence-corrected chi connectivity index (χ2v) is 14.7. The average Bonchev–Trinajstić information content (AvgIpc) is 3.07. The van der Waals surface area contributed by atoms with Gasteiger partial charge in [0.25, 0.3) is 0 Å². The number of aliphatic hydroxyl groups is 4. The molecule has 4 aliphatic carbocycles. The molecule has 0 amide bonds. The SMILES string of the molecule is C=C(C)CCC[C@](C)(O)[C@@H]1CC[C@]2(C)[C@H]1[C@H](O)C[C@@H]1[C@@]3(C)CC[C@H](O)C(C)(C)[C@@H]3[C@@H](O)C[C@]12C. The molecule has 34 heavy (non-hydrogen) atoms. The maximum Gasteiger partial charge on any atom is 0.0651 e. The highest BCUT2D eigenvalue weighted by Crippen LogP contribution is 2.75. The van der Waals surface area contributed by atoms with Crippen LogP contribution in [0.5, 0.6) is 0 Å². The van der Waals surface area contributed by atoms with E-state index in [0.29, 0.717) is 5.92 Å². The lowest BCUT2D eigenvalue weighted by Gasteiger charge is -2.71. The van der Waals surface area contributed by atoms with Crippen molar-refractivity contribution in [2.75, 3.05) is 0 Å². The molecular weight excluding hydrogens is 424 g/mol. The van der Waals surface area contributed by atoms with Crippen LogP contribution in [-0.4, -0.2) is 44.3 Å². The van der Waals surface area contributed by atoms with Crippen LogP contribution in [0.1, 0.15) is 106 Å². The van der Waals surface area contributed by atoms with E-state index in [9.17, 15) is 20.4 Å². The Bertz CT molecular complexity index is 804. The summed E-state index contributed by atoms with van der Waals surface area (Å²) >= 11 is 0. The molecule has 0 aliphatic heterocycles. The van der Waals surface area contributed by atoms with Gasteiger partial charge in [-0.15, -0.1) is 6.58 Å². The molecule has 4 nitrogen and oxygen atoms in total. The summed E-state index contributed by atoms with van der Waals surface area (Å²) < 4.78 is 0. The molecule has 4 heteroatoms. The minimum absolute atomic E-state index is 0.0247. The first-order valence-electron chi connectivity index (χ1n) is 13.9. The number of allylic oxidation sites excluding steroid dienone is 1. The van der Waals surface area contributed by atoms with Crippen LogP contribution < -0.4 is 0 Å². The quantitative estimate of drug-likeness (QED) is 0.397. The molecule has 0 bridgehead atoms. The van der Waals surface area contributed by atoms with E-state index in [-0.39, 0.29) is 39.4 Å². The second kappa shape index (κ2) is 8.30. The number of hydrogen-bond acceptors (Lipinski definition) is 4. The van der Waals surface area contributed by atoms with Crippen molar-refractivity contribution < 1.29 is 20.4 Å². The molecule has 0 saturated heterocycles. The first-order chi connectivity index (χ1) is 15.5. The fourth-order valence-corrected chi connectivity index (χ4v) is 10.6. The van der Waals surface area contributed by atoms with Crippen LogP contribution in [0.25, 0.3) is 0 Å². The molecule has 4 fully saturated rings. The minimum Gasteiger partial charge on any atom is -0.393 e. The van der Waals surface area contributed by atoms with E-state index in [4.69, 9.17) is 0 Å². The number of rotatable bonds is 5. The Kier molecular flexibility index (Phi) is 6.50. The molecule has 0 aromatic heterocycles. The lowest BCUT2D eigenvalue weighted by molar-refractivity contribution is -0.274. The van der Waals surface area contributed by atoms with E-state index in [1.54, 1.807) is 0 Å². The molecule has 4 aliphatic rings. The Morgan fingerprint density at radius 2 is 1.62 bits per heavy atom. The fraction of sp³-hybridized carbons (Fsp3) is 0.933. The van der Waals surface area contributed by atoms with Crippen LogP contribution in [-0.2, 0) is 0 Å². The molecule has 0 radical (unpaired) electrons. The fourth-order valence-electron chi connectivity index (χ4n) is 10.6. The third kappa shape index (κ3) is 3.60. The Hall–Kier alpha value is -0.420. The van der Waals surface area contributed by atoms with Crippen molar-refractivity contribution in [1.82, 2.24) is 0 Å². The highest BCUT2D eigenvalue weighted by Gasteiger charge is 2.72. The van der Waals surface area contributed by atoms with Crippen molar-refractivity contribution >= 4 is 0 Å². The monoisotopic (exact) mass is 476 g/mol. The van der Waals surface area contributed by atoms with Gasteiger partial charge in [-0.05, 0) is 117 Å². The topological polar surface area (TPSA) is 80.9 Å². The molecule has 0 aromatic rings. The van der Waals surface area contributed by atoms with Crippen molar-refractivity contribution in [2.24, 2.45) is 45.3 Å². The Labute approximate surface area is 208 Å². The number of hydrogen-bond donors (Lipinski definition) is 4. The highest BCUT2D eigenvalue weighted by atomic mass is 16.3. The average molecular weight is 477 g/mol. The number of fused-ring (bicyclic) bond motifs is 5. The van der Waals surface area contributed by atoms with Gasteiger partial charge in [-0.25, -0.2) is 0 Å². The molecule has 0 heterocycles. The van der Waals surface area contributed by atoms with Crippen LogP contribution in [0.3, 0.4) is 0 Å². The maximum atomic E-state index is 11.8. The van der Waals surface area contributed by atoms with Gasteiger partial charge in [-0.1, -0.05) is 40.2 Å². The summed E-state index contributed by atoms with van der Waals surface area (Å²) in [6.45, 7) is 19.4. The van der Waals surface area contributed by atoms with E-state index >= 15 is 0 Å². The van der Waals surface area contributed by atoms with Crippen LogP contribution in [0, 0.1) is 45.3 Å². The summed E-state index contributed by atoms with van der Waals surface area (Å²) in [6, 6.07) is 0. The van der Waals surface area contributed by atoms with Crippen molar-refractivity contribution in [3.8, 4) is 0 Å². The summed E-state index contributed by atoms with van der Waals surface area (Å²) in [7, 11) is 0. The van der Waals surface area contributed by atoms with E-state index < -0.39 is 23.9 Å². The van der Waals surface area contributed by atoms with Crippen LogP contribution in [0.15, 0.2) is 12.2 Å². The van der Waals surface area contributed by atoms with Gasteiger partial charge >= 0.3 is 0 Å². The van der Waals surface area contributed by atoms with Crippen molar-refractivity contribution in [1.29, 1.82) is 0 Å². The van der Waals surface area contributed by atoms with Gasteiger partial charge < -0.3 is 20.4 Å². The van der Waals surface area contributed by atoms with E-state index in [2.05, 4.69) is 41.2 Å². The van der Waals surface area contributed by atoms with Gasteiger partial charge in [-0.3, -0.25) is 0 Å². The predicted molar refractivity (Wildman–Crippen MR) is 137 cm³/mol. The lowest BCUT2D eigenvalue weighted by Crippen LogP contribution is -2.69. The zero-order chi connectivity index (χ0) is 25.5. The standard InChI is InChI=1S/C30H52O4/c1-18(2)10-9-13-30(8,34)19-11-15-28(6)24(19)20(31)16-22-27(5)14-12-23(33)26(3,4)25(27)21(32)17-29(22,28)7/h19-25,31-34H,1,9-17H2,2-8H3/t19-,20-,21+,22-,23+,24-,25+,27-,28-,29-,30+/m1/s1. The summed E-state index contributed by atoms with van der Waals surface area (Å²) in [6.07, 6.45) is 6.33. The molecule has 4 rings (SSSR count). The van der Waals surface area contributed by atoms with Crippen molar-refractivity contribution in [2.45, 2.75) is 130 Å². The predicted octanol–water partition coefficient (Wildman–Crippen LogP) is 5.47. The Balaban J connectivity index is 1.69. The molecule has 4 saturated carbocycles. The van der Waals surface area contributed by atoms with E-state index in [1.165, 1.54) is 0 Å². The van der Waals surface area contributed by atoms with E-state index in [0.717, 1.165) is 63.4 Å². The second-order valence-electron chi connectivity index (χ2n) is 14.7. The van der Waals surface area contributed by atoms with Crippen LogP contribution >= 0.6 is 0 Å². The molecule has 196 valence electrons. The number of aliphatic hydroxyl groups excluding tert-OH is 3. The molecule has 0 aromatic carbocycles. The minimum atomic E-state index is -0.807. The summed E-state index contributed by atoms with van der Waals surface area (Å²) in [4.78, 5) is 0. The zero-order valence-electron chi connectivity index (χ0n) is 22.9. The summed E-state index contributed by atoms with van der Waals surface area (Å²) in [5.41, 5.74) is -0.359. The maximum absolute atomic E-state index is 11.8. The van der Waals surface area contributed by atoms with Gasteiger partial charge in [0.05, 0.1) is 23.9 Å². The third-order valence-electron chi connectivity index (χ3n) is 12.3. The van der Waals surface area contributed by atoms with E-state index in [1.807, 2.05) is 13.8 Å². The molecule has 0 spiro atoms. The normalized spacial score (nSPS) is 51.7. The van der Waals surface area contributed by atoms with Crippen molar-refractivity contribution in [3.63, 3.8) is 0 Å². The molecular formula is C30H52O4. The van der Waals surface area contributed by atoms with Crippen LogP contribution in [0.4, 0.5) is 0 Å². The largest absolute Gasteiger partial charge is 0.393 e. The summed E-state index contributed by atoms with van der Waals surface area (Å²) in [5, 5.41) is 46.0. The smallest absolute Gasteiger partial charge is 0.0651 e. The van der Waals surface area contributed by atoms with Gasteiger partial charge in [0.15, 0.2) is 0 Å². The first-order valence-corrected chi connectivity index (χ1v) is 13.9. The lowest BCUT2D eigenvalue weighted by atomic mass is 9.34. The zero-order valence-corrected chi connectivity index (χ0v) is 22.9. The highest BCUT2D eigenvalue weighted by molar-refractivity contribution is 5.21. The first kappa shape index (κ1) is 26.6. The Morgan fingerprint density at radius 3 is 2.24 bits per heavy atom. The van der Waals surface area contributed by atoms with Gasteiger partial charge in [0.1, 0.15) is 0 Å². The molecule has 4 N–H and O–H groups in total. The van der Waals surface area contributed by atoms with Gasteiger partial charge in [0.2, 0.25) is 0 Å². The summed E-state index contributed by atoms with van der Waals surface area (Å²) in [5.74, 6) is 0.436. The van der Waals surface area contributed by atoms with Crippen molar-refractivity contribution in [3.05, 3.63) is 12.2 Å². The van der Waals surface area contributed by atoms with Crippen LogP contribution in [0.2, 0.25) is 0 Å². The Morgan fingerprint density at radius 1 is 0.971 bits per heavy atom. The molecule has 0 unspecified atom stereocenters. The van der Waals surface area contributed by atoms with Gasteiger partial charge in [-0.2, -0.15) is 0 Å². The third-order valence-corrected chi connectivity index (χ3v) is 12.3. The molecule has 11 atom stereocenters. The van der Waals surface area contributed by atoms with Gasteiger partial charge in [0, 0.05) is 0 Å².